The second-order valence-corrected chi connectivity index (χ2v) is 11.7. The molecule has 0 spiro atoms. The monoisotopic (exact) mass is 600 g/mol. The van der Waals surface area contributed by atoms with Gasteiger partial charge in [0.25, 0.3) is 5.91 Å². The summed E-state index contributed by atoms with van der Waals surface area (Å²) in [7, 11) is 0. The van der Waals surface area contributed by atoms with Gasteiger partial charge in [0.15, 0.2) is 5.65 Å². The van der Waals surface area contributed by atoms with E-state index < -0.39 is 11.9 Å². The van der Waals surface area contributed by atoms with Gasteiger partial charge in [0, 0.05) is 49.0 Å². The molecule has 232 valence electrons. The molecule has 0 fully saturated rings. The molecule has 44 heavy (non-hydrogen) atoms. The second-order valence-electron chi connectivity index (χ2n) is 11.7. The minimum atomic E-state index is -0.744. The number of aromatic nitrogens is 5. The van der Waals surface area contributed by atoms with Gasteiger partial charge in [-0.25, -0.2) is 14.5 Å². The van der Waals surface area contributed by atoms with E-state index in [1.807, 2.05) is 68.8 Å². The Balaban J connectivity index is 1.45. The number of nitrogens with zero attached hydrogens (tertiary/aromatic N) is 6. The van der Waals surface area contributed by atoms with E-state index in [2.05, 4.69) is 25.7 Å². The minimum Gasteiger partial charge on any atom is -0.494 e. The summed E-state index contributed by atoms with van der Waals surface area (Å²) >= 11 is 0. The number of ether oxygens (including phenoxy) is 1. The molecule has 0 unspecified atom stereocenters. The van der Waals surface area contributed by atoms with Crippen LogP contribution < -0.4 is 15.4 Å². The number of hydrogen-bond acceptors (Lipinski definition) is 7. The number of fused-ring (bicyclic) bond motifs is 5. The minimum absolute atomic E-state index is 0.158. The van der Waals surface area contributed by atoms with Crippen LogP contribution in [-0.4, -0.2) is 79.1 Å². The number of nitrogens with one attached hydrogen (secondary N) is 2. The Labute approximate surface area is 256 Å². The van der Waals surface area contributed by atoms with Gasteiger partial charge in [0.2, 0.25) is 11.8 Å². The highest BCUT2D eigenvalue weighted by atomic mass is 16.5. The van der Waals surface area contributed by atoms with Crippen LogP contribution >= 0.6 is 0 Å². The fraction of sp³-hybridized carbons (Fsp3) is 0.438. The van der Waals surface area contributed by atoms with Crippen LogP contribution in [0.4, 0.5) is 0 Å². The van der Waals surface area contributed by atoms with E-state index in [0.717, 1.165) is 22.8 Å². The molecule has 1 atom stereocenters. The Kier molecular flexibility index (Phi) is 9.26. The molecule has 0 saturated heterocycles. The van der Waals surface area contributed by atoms with Gasteiger partial charge in [0.1, 0.15) is 23.2 Å². The third-order valence-corrected chi connectivity index (χ3v) is 7.57. The summed E-state index contributed by atoms with van der Waals surface area (Å²) in [5.74, 6) is 0.560. The average Bonchev–Trinajstić information content (AvgIpc) is 3.57. The van der Waals surface area contributed by atoms with Crippen molar-refractivity contribution >= 4 is 23.4 Å². The van der Waals surface area contributed by atoms with Crippen LogP contribution in [0.3, 0.4) is 0 Å². The molecule has 3 amide bonds. The third kappa shape index (κ3) is 6.90. The van der Waals surface area contributed by atoms with E-state index in [9.17, 15) is 14.4 Å². The van der Waals surface area contributed by atoms with Crippen LogP contribution in [0.15, 0.2) is 42.7 Å². The highest BCUT2D eigenvalue weighted by Crippen LogP contribution is 2.23. The van der Waals surface area contributed by atoms with E-state index in [-0.39, 0.29) is 30.8 Å². The topological polar surface area (TPSA) is 136 Å². The van der Waals surface area contributed by atoms with Crippen molar-refractivity contribution in [2.75, 3.05) is 26.2 Å². The molecule has 0 aliphatic carbocycles. The Morgan fingerprint density at radius 3 is 2.75 bits per heavy atom. The highest BCUT2D eigenvalue weighted by Gasteiger charge is 2.28. The fourth-order valence-corrected chi connectivity index (χ4v) is 5.55. The van der Waals surface area contributed by atoms with Crippen LogP contribution in [0.25, 0.3) is 17.0 Å². The summed E-state index contributed by atoms with van der Waals surface area (Å²) in [6.07, 6.45) is 4.52. The van der Waals surface area contributed by atoms with Crippen LogP contribution in [0.2, 0.25) is 0 Å². The summed E-state index contributed by atoms with van der Waals surface area (Å²) in [5, 5.41) is 10.4. The lowest BCUT2D eigenvalue weighted by atomic mass is 10.0. The smallest absolute Gasteiger partial charge is 0.260 e. The van der Waals surface area contributed by atoms with Crippen molar-refractivity contribution in [3.8, 4) is 17.1 Å². The standard InChI is InChI=1S/C32H40N8O4/c1-20(2)16-26-31(42)34-11-14-38-13-10-33-29(38)24-8-6-9-25(18-24)44-15-7-12-39(19-27(41)36-26)32(43)28-23(5)37-40-22(4)17-21(3)35-30(28)40/h6,8-10,13,17-18,20,26H,7,11-12,14-16,19H2,1-5H3,(H,34,42)(H,36,41)/t26-/m1/s1. The summed E-state index contributed by atoms with van der Waals surface area (Å²) in [6, 6.07) is 8.83. The Morgan fingerprint density at radius 1 is 1.14 bits per heavy atom. The van der Waals surface area contributed by atoms with E-state index in [0.29, 0.717) is 55.2 Å². The van der Waals surface area contributed by atoms with Gasteiger partial charge in [-0.15, -0.1) is 0 Å². The number of hydrogen-bond donors (Lipinski definition) is 2. The maximum atomic E-state index is 14.1. The molecule has 0 saturated carbocycles. The van der Waals surface area contributed by atoms with Gasteiger partial charge >= 0.3 is 0 Å². The lowest BCUT2D eigenvalue weighted by Gasteiger charge is -2.25. The molecule has 1 aromatic carbocycles. The zero-order chi connectivity index (χ0) is 31.4. The number of imidazole rings is 1. The normalized spacial score (nSPS) is 17.0. The fourth-order valence-electron chi connectivity index (χ4n) is 5.55. The van der Waals surface area contributed by atoms with E-state index in [1.165, 1.54) is 4.90 Å². The largest absolute Gasteiger partial charge is 0.494 e. The number of carbonyl (C=O) groups is 3. The van der Waals surface area contributed by atoms with Crippen molar-refractivity contribution in [1.29, 1.82) is 0 Å². The van der Waals surface area contributed by atoms with Crippen LogP contribution in [0.1, 0.15) is 54.1 Å². The molecule has 4 aromatic rings. The Hall–Kier alpha value is -4.74. The van der Waals surface area contributed by atoms with Crippen LogP contribution in [0.5, 0.6) is 5.75 Å². The Morgan fingerprint density at radius 2 is 1.95 bits per heavy atom. The SMILES string of the molecule is Cc1cc(C)n2nc(C)c(C(=O)N3CCCOc4cccc(c4)-c4nccn4CCNC(=O)[C@@H](CC(C)C)NC(=O)C3)c2n1. The quantitative estimate of drug-likeness (QED) is 0.369. The first-order chi connectivity index (χ1) is 21.1. The van der Waals surface area contributed by atoms with Crippen molar-refractivity contribution in [3.63, 3.8) is 0 Å². The number of benzene rings is 1. The molecule has 0 radical (unpaired) electrons. The molecular formula is C32H40N8O4. The van der Waals surface area contributed by atoms with Crippen molar-refractivity contribution < 1.29 is 19.1 Å². The van der Waals surface area contributed by atoms with Crippen molar-refractivity contribution in [1.82, 2.24) is 39.7 Å². The van der Waals surface area contributed by atoms with Gasteiger partial charge in [-0.05, 0) is 57.7 Å². The van der Waals surface area contributed by atoms with E-state index in [4.69, 9.17) is 4.74 Å². The first-order valence-electron chi connectivity index (χ1n) is 15.0. The van der Waals surface area contributed by atoms with Gasteiger partial charge < -0.3 is 24.8 Å². The summed E-state index contributed by atoms with van der Waals surface area (Å²) in [4.78, 5) is 51.4. The molecule has 4 heterocycles. The first-order valence-corrected chi connectivity index (χ1v) is 15.0. The molecule has 12 nitrogen and oxygen atoms in total. The molecular weight excluding hydrogens is 560 g/mol. The van der Waals surface area contributed by atoms with Crippen LogP contribution in [0, 0.1) is 26.7 Å². The van der Waals surface area contributed by atoms with Crippen molar-refractivity contribution in [3.05, 3.63) is 65.4 Å². The zero-order valence-electron chi connectivity index (χ0n) is 26.0. The van der Waals surface area contributed by atoms with Gasteiger partial charge in [0.05, 0.1) is 18.8 Å². The summed E-state index contributed by atoms with van der Waals surface area (Å²) in [6.45, 7) is 10.7. The molecule has 1 aliphatic rings. The third-order valence-electron chi connectivity index (χ3n) is 7.57. The van der Waals surface area contributed by atoms with Crippen molar-refractivity contribution in [2.24, 2.45) is 5.92 Å². The predicted molar refractivity (Wildman–Crippen MR) is 165 cm³/mol. The number of rotatable bonds is 3. The maximum Gasteiger partial charge on any atom is 0.260 e. The van der Waals surface area contributed by atoms with Crippen molar-refractivity contribution in [2.45, 2.75) is 60.0 Å². The molecule has 2 bridgehead atoms. The van der Waals surface area contributed by atoms with Crippen LogP contribution in [-0.2, 0) is 16.1 Å². The van der Waals surface area contributed by atoms with Gasteiger partial charge in [-0.2, -0.15) is 5.10 Å². The molecule has 12 heteroatoms. The maximum absolute atomic E-state index is 14.1. The average molecular weight is 601 g/mol. The molecule has 5 rings (SSSR count). The van der Waals surface area contributed by atoms with E-state index >= 15 is 0 Å². The predicted octanol–water partition coefficient (Wildman–Crippen LogP) is 3.09. The van der Waals surface area contributed by atoms with Gasteiger partial charge in [-0.3, -0.25) is 14.4 Å². The summed E-state index contributed by atoms with van der Waals surface area (Å²) < 4.78 is 9.70. The Bertz CT molecular complexity index is 1670. The molecule has 3 aromatic heterocycles. The summed E-state index contributed by atoms with van der Waals surface area (Å²) in [5.41, 5.74) is 3.85. The van der Waals surface area contributed by atoms with E-state index in [1.54, 1.807) is 17.6 Å². The number of aryl methyl sites for hydroxylation is 3. The first kappa shape index (κ1) is 30.7. The number of amides is 3. The second kappa shape index (κ2) is 13.3. The van der Waals surface area contributed by atoms with Gasteiger partial charge in [-0.1, -0.05) is 26.0 Å². The molecule has 2 N–H and O–H groups in total. The number of carbonyl (C=O) groups excluding carboxylic acids is 3. The lowest BCUT2D eigenvalue weighted by molar-refractivity contribution is -0.129. The molecule has 1 aliphatic heterocycles. The zero-order valence-corrected chi connectivity index (χ0v) is 26.0. The highest BCUT2D eigenvalue weighted by molar-refractivity contribution is 6.02. The lowest BCUT2D eigenvalue weighted by Crippen LogP contribution is -2.51.